The lowest BCUT2D eigenvalue weighted by Crippen LogP contribution is -1.97. The Morgan fingerprint density at radius 3 is 2.24 bits per heavy atom. The molecule has 0 N–H and O–H groups in total. The van der Waals surface area contributed by atoms with Crippen molar-refractivity contribution in [2.75, 3.05) is 0 Å². The molecular weight excluding hydrogens is 388 g/mol. The van der Waals surface area contributed by atoms with Crippen LogP contribution in [0.15, 0.2) is 65.1 Å². The molecule has 0 heterocycles. The van der Waals surface area contributed by atoms with E-state index in [0.717, 1.165) is 10.9 Å². The summed E-state index contributed by atoms with van der Waals surface area (Å²) >= 11 is 7.51. The Labute approximate surface area is 142 Å². The van der Waals surface area contributed by atoms with Crippen molar-refractivity contribution < 1.29 is 0 Å². The summed E-state index contributed by atoms with van der Waals surface area (Å²) in [4.78, 5) is 0.318. The maximum atomic E-state index is 3.87. The maximum absolute atomic E-state index is 3.87. The van der Waals surface area contributed by atoms with E-state index in [2.05, 4.69) is 99.4 Å². The van der Waals surface area contributed by atoms with Gasteiger partial charge in [-0.3, -0.25) is 0 Å². The average molecular weight is 404 g/mol. The fraction of sp³-hybridized carbons (Fsp3) is 0.158. The van der Waals surface area contributed by atoms with Crippen LogP contribution in [0.3, 0.4) is 0 Å². The van der Waals surface area contributed by atoms with Crippen molar-refractivity contribution in [3.8, 4) is 0 Å². The van der Waals surface area contributed by atoms with Crippen LogP contribution in [-0.2, 0) is 6.42 Å². The molecule has 3 aromatic carbocycles. The fourth-order valence-electron chi connectivity index (χ4n) is 2.60. The van der Waals surface area contributed by atoms with Gasteiger partial charge in [0.1, 0.15) is 0 Å². The van der Waals surface area contributed by atoms with Gasteiger partial charge in [0.15, 0.2) is 0 Å². The van der Waals surface area contributed by atoms with E-state index in [1.165, 1.54) is 27.5 Å². The molecule has 0 amide bonds. The second-order valence-corrected chi connectivity index (χ2v) is 7.30. The summed E-state index contributed by atoms with van der Waals surface area (Å²) in [5, 5.41) is 2.57. The number of hydrogen-bond donors (Lipinski definition) is 0. The Morgan fingerprint density at radius 1 is 0.857 bits per heavy atom. The van der Waals surface area contributed by atoms with Gasteiger partial charge in [-0.1, -0.05) is 92.0 Å². The number of rotatable bonds is 3. The first-order valence-electron chi connectivity index (χ1n) is 7.02. The highest BCUT2D eigenvalue weighted by molar-refractivity contribution is 9.10. The molecule has 2 heteroatoms. The maximum Gasteiger partial charge on any atom is 0.0441 e. The van der Waals surface area contributed by atoms with Gasteiger partial charge in [-0.2, -0.15) is 0 Å². The predicted molar refractivity (Wildman–Crippen MR) is 98.2 cm³/mol. The summed E-state index contributed by atoms with van der Waals surface area (Å²) in [7, 11) is 0. The Balaban J connectivity index is 1.96. The molecule has 0 aliphatic rings. The van der Waals surface area contributed by atoms with E-state index in [0.29, 0.717) is 4.83 Å². The second kappa shape index (κ2) is 6.33. The summed E-state index contributed by atoms with van der Waals surface area (Å²) < 4.78 is 1.15. The monoisotopic (exact) mass is 402 g/mol. The minimum absolute atomic E-state index is 0.318. The van der Waals surface area contributed by atoms with Gasteiger partial charge in [0.2, 0.25) is 0 Å². The zero-order valence-electron chi connectivity index (χ0n) is 11.8. The molecule has 0 saturated carbocycles. The molecule has 0 nitrogen and oxygen atoms in total. The summed E-state index contributed by atoms with van der Waals surface area (Å²) in [5.74, 6) is 0. The number of fused-ring (bicyclic) bond motifs is 1. The van der Waals surface area contributed by atoms with Crippen molar-refractivity contribution >= 4 is 42.6 Å². The average Bonchev–Trinajstić information content (AvgIpc) is 2.50. The van der Waals surface area contributed by atoms with E-state index in [4.69, 9.17) is 0 Å². The highest BCUT2D eigenvalue weighted by Crippen LogP contribution is 2.35. The summed E-state index contributed by atoms with van der Waals surface area (Å²) in [6, 6.07) is 21.7. The van der Waals surface area contributed by atoms with Gasteiger partial charge in [-0.15, -0.1) is 0 Å². The predicted octanol–water partition coefficient (Wildman–Crippen LogP) is 6.59. The van der Waals surface area contributed by atoms with Crippen LogP contribution in [0.4, 0.5) is 0 Å². The molecule has 0 bridgehead atoms. The number of alkyl halides is 1. The molecule has 0 aromatic heterocycles. The minimum atomic E-state index is 0.318. The van der Waals surface area contributed by atoms with E-state index in [1.807, 2.05) is 0 Å². The molecule has 0 radical (unpaired) electrons. The summed E-state index contributed by atoms with van der Waals surface area (Å²) in [6.07, 6.45) is 0.992. The van der Waals surface area contributed by atoms with Crippen LogP contribution in [0, 0.1) is 6.92 Å². The first-order chi connectivity index (χ1) is 10.1. The van der Waals surface area contributed by atoms with E-state index in [1.54, 1.807) is 0 Å². The van der Waals surface area contributed by atoms with Crippen LogP contribution < -0.4 is 0 Å². The molecule has 1 atom stereocenters. The van der Waals surface area contributed by atoms with E-state index >= 15 is 0 Å². The van der Waals surface area contributed by atoms with Crippen molar-refractivity contribution in [3.63, 3.8) is 0 Å². The lowest BCUT2D eigenvalue weighted by atomic mass is 9.98. The van der Waals surface area contributed by atoms with E-state index in [9.17, 15) is 0 Å². The molecule has 0 fully saturated rings. The normalized spacial score (nSPS) is 12.5. The molecule has 0 spiro atoms. The van der Waals surface area contributed by atoms with Crippen LogP contribution in [-0.4, -0.2) is 0 Å². The number of benzene rings is 3. The molecule has 21 heavy (non-hydrogen) atoms. The van der Waals surface area contributed by atoms with Crippen molar-refractivity contribution in [2.24, 2.45) is 0 Å². The number of halogens is 2. The first-order valence-corrected chi connectivity index (χ1v) is 8.73. The molecule has 0 aliphatic carbocycles. The van der Waals surface area contributed by atoms with Gasteiger partial charge in [0, 0.05) is 9.30 Å². The smallest absolute Gasteiger partial charge is 0.0441 e. The fourth-order valence-corrected chi connectivity index (χ4v) is 3.85. The van der Waals surface area contributed by atoms with Crippen molar-refractivity contribution in [3.05, 3.63) is 81.8 Å². The molecule has 106 valence electrons. The Kier molecular flexibility index (Phi) is 4.46. The number of aryl methyl sites for hydroxylation is 1. The van der Waals surface area contributed by atoms with Gasteiger partial charge < -0.3 is 0 Å². The van der Waals surface area contributed by atoms with E-state index < -0.39 is 0 Å². The highest BCUT2D eigenvalue weighted by atomic mass is 79.9. The highest BCUT2D eigenvalue weighted by Gasteiger charge is 2.13. The van der Waals surface area contributed by atoms with Gasteiger partial charge in [0.25, 0.3) is 0 Å². The SMILES string of the molecule is Cc1ccc(CC(Br)c2ccc(Br)c3ccccc23)cc1. The van der Waals surface area contributed by atoms with Gasteiger partial charge >= 0.3 is 0 Å². The zero-order valence-corrected chi connectivity index (χ0v) is 15.0. The van der Waals surface area contributed by atoms with Crippen LogP contribution in [0.25, 0.3) is 10.8 Å². The summed E-state index contributed by atoms with van der Waals surface area (Å²) in [5.41, 5.74) is 4.00. The lowest BCUT2D eigenvalue weighted by Gasteiger charge is -2.14. The third-order valence-corrected chi connectivity index (χ3v) is 5.29. The van der Waals surface area contributed by atoms with Crippen molar-refractivity contribution in [2.45, 2.75) is 18.2 Å². The van der Waals surface area contributed by atoms with E-state index in [-0.39, 0.29) is 0 Å². The summed E-state index contributed by atoms with van der Waals surface area (Å²) in [6.45, 7) is 2.12. The van der Waals surface area contributed by atoms with Crippen LogP contribution >= 0.6 is 31.9 Å². The molecular formula is C19H16Br2. The Morgan fingerprint density at radius 2 is 1.52 bits per heavy atom. The quantitative estimate of drug-likeness (QED) is 0.432. The van der Waals surface area contributed by atoms with Crippen LogP contribution in [0.2, 0.25) is 0 Å². The van der Waals surface area contributed by atoms with Crippen molar-refractivity contribution in [1.29, 1.82) is 0 Å². The largest absolute Gasteiger partial charge is 0.0835 e. The van der Waals surface area contributed by atoms with Crippen LogP contribution in [0.1, 0.15) is 21.5 Å². The molecule has 0 aliphatic heterocycles. The standard InChI is InChI=1S/C19H16Br2/c1-13-6-8-14(9-7-13)12-19(21)17-10-11-18(20)16-5-3-2-4-15(16)17/h2-11,19H,12H2,1H3. The Hall–Kier alpha value is -1.12. The second-order valence-electron chi connectivity index (χ2n) is 5.34. The molecule has 3 aromatic rings. The van der Waals surface area contributed by atoms with Gasteiger partial charge in [-0.25, -0.2) is 0 Å². The number of hydrogen-bond acceptors (Lipinski definition) is 0. The lowest BCUT2D eigenvalue weighted by molar-refractivity contribution is 0.956. The van der Waals surface area contributed by atoms with Gasteiger partial charge in [0.05, 0.1) is 0 Å². The van der Waals surface area contributed by atoms with Crippen molar-refractivity contribution in [1.82, 2.24) is 0 Å². The first kappa shape index (κ1) is 14.8. The topological polar surface area (TPSA) is 0 Å². The Bertz CT molecular complexity index is 760. The minimum Gasteiger partial charge on any atom is -0.0835 e. The molecule has 0 saturated heterocycles. The molecule has 3 rings (SSSR count). The molecule has 1 unspecified atom stereocenters. The third kappa shape index (κ3) is 3.22. The van der Waals surface area contributed by atoms with Gasteiger partial charge in [-0.05, 0) is 41.3 Å². The zero-order chi connectivity index (χ0) is 14.8. The van der Waals surface area contributed by atoms with Crippen LogP contribution in [0.5, 0.6) is 0 Å². The third-order valence-electron chi connectivity index (χ3n) is 3.78.